The van der Waals surface area contributed by atoms with Crippen LogP contribution in [0.5, 0.6) is 0 Å². The molecule has 0 N–H and O–H groups in total. The summed E-state index contributed by atoms with van der Waals surface area (Å²) in [6.45, 7) is 175. The minimum Gasteiger partial charge on any atom is -0.369 e. The first-order valence-electron chi connectivity index (χ1n) is 52.7. The van der Waals surface area contributed by atoms with Gasteiger partial charge in [0.1, 0.15) is 6.71 Å². The fourth-order valence-electron chi connectivity index (χ4n) is 12.4. The molecule has 0 radical (unpaired) electrons. The molecule has 128 heavy (non-hydrogen) atoms. The second kappa shape index (κ2) is 66.3. The average Bonchev–Trinajstić information content (AvgIpc) is 0.750. The second-order valence-electron chi connectivity index (χ2n) is 53.4. The molecular weight excluding hydrogens is 1570 g/mol. The number of thioether (sulfide) groups is 1. The van der Waals surface area contributed by atoms with Crippen molar-refractivity contribution < 1.29 is 9.39 Å². The number of aliphatic imine (C=N–C) groups is 1. The van der Waals surface area contributed by atoms with Gasteiger partial charge in [-0.1, -0.05) is 429 Å². The van der Waals surface area contributed by atoms with Gasteiger partial charge in [0.15, 0.2) is 0 Å². The summed E-state index contributed by atoms with van der Waals surface area (Å²) in [6, 6.07) is 1.57. The molecule has 0 aromatic rings. The monoisotopic (exact) mass is 1830 g/mol. The molecule has 11 heteroatoms. The minimum atomic E-state index is -0.0340. The van der Waals surface area contributed by atoms with Crippen LogP contribution in [0.3, 0.4) is 0 Å². The van der Waals surface area contributed by atoms with E-state index in [1.54, 1.807) is 11.1 Å². The van der Waals surface area contributed by atoms with Gasteiger partial charge >= 0.3 is 51.5 Å². The Bertz CT molecular complexity index is 2530. The van der Waals surface area contributed by atoms with E-state index in [1.165, 1.54) is 5.71 Å². The van der Waals surface area contributed by atoms with Crippen LogP contribution in [0.4, 0.5) is 0 Å². The zero-order valence-corrected chi connectivity index (χ0v) is 105. The molecule has 0 aliphatic carbocycles. The molecule has 0 amide bonds. The van der Waals surface area contributed by atoms with Crippen molar-refractivity contribution >= 4 is 45.0 Å². The zero-order valence-electron chi connectivity index (χ0n) is 104. The van der Waals surface area contributed by atoms with Crippen molar-refractivity contribution in [2.24, 2.45) is 126 Å². The topological polar surface area (TPSA) is 49.7 Å². The molecule has 0 spiro atoms. The Morgan fingerprint density at radius 1 is 0.328 bits per heavy atom. The molecule has 0 saturated carbocycles. The quantitative estimate of drug-likeness (QED) is 0.0360. The molecular formula is C117H260B4N4O2S. The van der Waals surface area contributed by atoms with E-state index in [0.29, 0.717) is 150 Å². The summed E-state index contributed by atoms with van der Waals surface area (Å²) in [4.78, 5) is 13.5. The predicted octanol–water partition coefficient (Wildman–Crippen LogP) is 40.7. The van der Waals surface area contributed by atoms with Crippen LogP contribution in [0.1, 0.15) is 513 Å². The normalized spacial score (nSPS) is 13.6. The minimum absolute atomic E-state index is 0. The molecule has 0 saturated heterocycles. The van der Waals surface area contributed by atoms with Crippen molar-refractivity contribution in [2.45, 2.75) is 617 Å². The van der Waals surface area contributed by atoms with E-state index in [-0.39, 0.29) is 29.7 Å². The molecule has 6 nitrogen and oxygen atoms in total. The number of hydrogen-bond acceptors (Lipinski definition) is 7. The van der Waals surface area contributed by atoms with Gasteiger partial charge in [0.25, 0.3) is 6.92 Å². The largest absolute Gasteiger partial charge is 0.369 e. The Morgan fingerprint density at radius 3 is 0.719 bits per heavy atom. The van der Waals surface area contributed by atoms with Gasteiger partial charge < -0.3 is 14.2 Å². The van der Waals surface area contributed by atoms with E-state index in [1.807, 2.05) is 7.07 Å². The maximum atomic E-state index is 6.15. The number of allylic oxidation sites excluding steroid dienone is 2. The summed E-state index contributed by atoms with van der Waals surface area (Å²) in [5, 5.41) is 0.849. The maximum absolute atomic E-state index is 6.15. The SMILES string of the molecule is C.C/C(=C(\C)C(C)C)C(C)C.CB(C(C)(C)C(C)C)C(C)(C)C(C)C.CB(C(C)C)N(C)C(C)C.CB(OC(C)C)C(C)C.CC(=NC(C)C)C(C)C.CC(C)B=NC(C)C.CC(C)C(C)(C)C(C)(C)C(C)(C)C(C)C.CC(C)C(C)(C)C(C)(C)C(C)C.CC(C)C(C)(C)N(C)C(C)(C)C(C)C.CC(C)C(C)(C)OC(C)(C)C(C)C.CC(C)C(C)(C)SC(C)(C)C(C)C. The summed E-state index contributed by atoms with van der Waals surface area (Å²) < 4.78 is 12.4. The van der Waals surface area contributed by atoms with E-state index in [4.69, 9.17) is 9.39 Å². The summed E-state index contributed by atoms with van der Waals surface area (Å²) in [5.74, 6) is 12.3. The third kappa shape index (κ3) is 60.5. The Labute approximate surface area is 827 Å². The fourth-order valence-corrected chi connectivity index (χ4v) is 14.2. The second-order valence-corrected chi connectivity index (χ2v) is 55.7. The Balaban J connectivity index is -0.000000116. The Morgan fingerprint density at radius 2 is 0.594 bits per heavy atom. The number of nitrogens with zero attached hydrogens (tertiary/aromatic N) is 4. The van der Waals surface area contributed by atoms with Gasteiger partial charge in [-0.15, -0.1) is 11.8 Å². The molecule has 778 valence electrons. The van der Waals surface area contributed by atoms with Crippen LogP contribution < -0.4 is 0 Å². The molecule has 0 aliphatic rings. The van der Waals surface area contributed by atoms with Crippen LogP contribution in [-0.2, 0) is 9.39 Å². The van der Waals surface area contributed by atoms with Gasteiger partial charge in [-0.3, -0.25) is 9.89 Å². The number of rotatable bonds is 35. The molecule has 0 heterocycles. The molecule has 0 aliphatic heterocycles. The predicted molar refractivity (Wildman–Crippen MR) is 616 cm³/mol. The zero-order chi connectivity index (χ0) is 106. The van der Waals surface area contributed by atoms with Crippen molar-refractivity contribution in [3.05, 3.63) is 11.1 Å². The smallest absolute Gasteiger partial charge is 0.0656 e. The van der Waals surface area contributed by atoms with E-state index in [0.717, 1.165) is 48.0 Å². The first-order valence-corrected chi connectivity index (χ1v) is 53.5. The van der Waals surface area contributed by atoms with Crippen LogP contribution in [-0.4, -0.2) is 113 Å². The molecule has 0 bridgehead atoms. The van der Waals surface area contributed by atoms with Crippen molar-refractivity contribution in [1.29, 1.82) is 0 Å². The number of hydrogen-bond donors (Lipinski definition) is 0. The molecule has 0 fully saturated rings. The van der Waals surface area contributed by atoms with Crippen LogP contribution in [0, 0.1) is 116 Å². The summed E-state index contributed by atoms with van der Waals surface area (Å²) in [5.41, 5.74) is 6.70. The maximum Gasteiger partial charge on any atom is 0.0656 e. The third-order valence-corrected chi connectivity index (χ3v) is 37.2. The fraction of sp³-hybridized carbons (Fsp3) is 0.974. The van der Waals surface area contributed by atoms with E-state index < -0.39 is 0 Å². The summed E-state index contributed by atoms with van der Waals surface area (Å²) >= 11 is 2.12. The molecule has 0 atom stereocenters. The molecule has 0 aromatic carbocycles. The first-order chi connectivity index (χ1) is 55.4. The standard InChI is InChI=1S/C15H32.C13H29B.C13H29N.C12H26O.C12H26S.C12H26.C10H20.C8H20BN.C8H17N.C7H17BO.C6H14BN.CH4/c1-11(2)13(5,6)15(9,10)14(7,8)12(3)4;2*1-10(2)12(5,6)14(9)13(7,8)11(3)4;2*1-9(2)11(5,6)13-12(7,8)10(3)4;1-9(2)11(5,6)12(7,8)10(3)4;2*1-7(2)9(5)10(6)8(3)4;2*1-6(2)8(5)9-7(3)4;1-5(2)7-8-6(3)4;/h11-12H,1-10H3;2*10-11H,1-9H3;2*9-10H,1-8H3;9-10H,1-8H3;2*7-8H,1-6H3;2*6-7H,1-5H3;5-6H,1-4H3;1H4/b;;;;;;10-9-;;;;;. The summed E-state index contributed by atoms with van der Waals surface area (Å²) in [7, 11) is 6.43. The van der Waals surface area contributed by atoms with Crippen molar-refractivity contribution in [2.75, 3.05) is 14.1 Å². The van der Waals surface area contributed by atoms with Gasteiger partial charge in [0.2, 0.25) is 6.85 Å². The van der Waals surface area contributed by atoms with Crippen molar-refractivity contribution in [3.8, 4) is 0 Å². The van der Waals surface area contributed by atoms with Crippen LogP contribution in [0.15, 0.2) is 21.0 Å². The average molecular weight is 1830 g/mol. The summed E-state index contributed by atoms with van der Waals surface area (Å²) in [6.07, 6.45) is 0.363. The van der Waals surface area contributed by atoms with Gasteiger partial charge in [-0.2, -0.15) is 0 Å². The van der Waals surface area contributed by atoms with Gasteiger partial charge in [-0.25, -0.2) is 0 Å². The van der Waals surface area contributed by atoms with E-state index in [9.17, 15) is 0 Å². The van der Waals surface area contributed by atoms with Crippen LogP contribution in [0.2, 0.25) is 48.5 Å². The molecule has 0 rings (SSSR count). The van der Waals surface area contributed by atoms with E-state index >= 15 is 0 Å². The van der Waals surface area contributed by atoms with Crippen LogP contribution >= 0.6 is 11.8 Å². The first kappa shape index (κ1) is 153. The van der Waals surface area contributed by atoms with E-state index in [2.05, 4.69) is 571 Å². The van der Waals surface area contributed by atoms with Gasteiger partial charge in [0.05, 0.1) is 11.2 Å². The number of ether oxygens (including phenoxy) is 1. The van der Waals surface area contributed by atoms with Crippen LogP contribution in [0.25, 0.3) is 0 Å². The van der Waals surface area contributed by atoms with Gasteiger partial charge in [0, 0.05) is 38.4 Å². The molecule has 0 aromatic heterocycles. The Kier molecular flexibility index (Phi) is 79.3. The van der Waals surface area contributed by atoms with Crippen molar-refractivity contribution in [3.63, 3.8) is 0 Å². The third-order valence-electron chi connectivity index (χ3n) is 35.2. The Hall–Kier alpha value is -0.340. The molecule has 0 unspecified atom stereocenters. The van der Waals surface area contributed by atoms with Crippen molar-refractivity contribution in [1.82, 2.24) is 9.71 Å². The van der Waals surface area contributed by atoms with Gasteiger partial charge in [-0.05, 0) is 246 Å².